The van der Waals surface area contributed by atoms with Crippen molar-refractivity contribution < 1.29 is 13.9 Å². The third kappa shape index (κ3) is 7.37. The van der Waals surface area contributed by atoms with Crippen LogP contribution < -0.4 is 5.32 Å². The van der Waals surface area contributed by atoms with E-state index in [2.05, 4.69) is 5.32 Å². The van der Waals surface area contributed by atoms with Crippen LogP contribution in [-0.4, -0.2) is 40.0 Å². The van der Waals surface area contributed by atoms with E-state index in [0.717, 1.165) is 44.7 Å². The third-order valence-electron chi connectivity index (χ3n) is 2.54. The summed E-state index contributed by atoms with van der Waals surface area (Å²) in [6.45, 7) is 3.84. The molecule has 1 rings (SSSR count). The Morgan fingerprint density at radius 2 is 2.06 bits per heavy atom. The number of hydrogen-bond donors (Lipinski definition) is 1. The number of rotatable bonds is 10. The van der Waals surface area contributed by atoms with Gasteiger partial charge in [0.25, 0.3) is 0 Å². The first-order valence-electron chi connectivity index (χ1n) is 6.35. The minimum atomic E-state index is -0.172. The van der Waals surface area contributed by atoms with Crippen molar-refractivity contribution >= 4 is 0 Å². The van der Waals surface area contributed by atoms with Crippen LogP contribution >= 0.6 is 0 Å². The van der Waals surface area contributed by atoms with Crippen molar-refractivity contribution in [1.82, 2.24) is 5.32 Å². The number of methoxy groups -OCH3 is 1. The van der Waals surface area contributed by atoms with Crippen LogP contribution in [-0.2, 0) is 15.9 Å². The van der Waals surface area contributed by atoms with Crippen molar-refractivity contribution in [3.8, 4) is 0 Å². The Bertz CT molecular complexity index is 320. The van der Waals surface area contributed by atoms with Gasteiger partial charge in [-0.1, -0.05) is 12.1 Å². The van der Waals surface area contributed by atoms with Crippen LogP contribution in [0, 0.1) is 5.82 Å². The van der Waals surface area contributed by atoms with E-state index in [-0.39, 0.29) is 5.82 Å². The Balaban J connectivity index is 1.92. The Labute approximate surface area is 108 Å². The summed E-state index contributed by atoms with van der Waals surface area (Å²) in [5, 5.41) is 3.27. The first-order chi connectivity index (χ1) is 8.83. The molecule has 0 unspecified atom stereocenters. The fraction of sp³-hybridized carbons (Fsp3) is 0.571. The molecule has 0 aliphatic carbocycles. The van der Waals surface area contributed by atoms with E-state index < -0.39 is 0 Å². The van der Waals surface area contributed by atoms with Crippen molar-refractivity contribution in [2.24, 2.45) is 0 Å². The van der Waals surface area contributed by atoms with Crippen molar-refractivity contribution in [1.29, 1.82) is 0 Å². The van der Waals surface area contributed by atoms with Crippen molar-refractivity contribution in [3.63, 3.8) is 0 Å². The average molecular weight is 255 g/mol. The monoisotopic (exact) mass is 255 g/mol. The lowest BCUT2D eigenvalue weighted by atomic mass is 10.1. The lowest BCUT2D eigenvalue weighted by Gasteiger charge is -2.06. The molecule has 0 saturated carbocycles. The van der Waals surface area contributed by atoms with Crippen LogP contribution in [0.3, 0.4) is 0 Å². The van der Waals surface area contributed by atoms with E-state index in [4.69, 9.17) is 9.47 Å². The molecule has 3 nitrogen and oxygen atoms in total. The standard InChI is InChI=1S/C14H22FNO2/c1-17-9-3-10-18-11-8-16-7-6-13-4-2-5-14(15)12-13/h2,4-5,12,16H,3,6-11H2,1H3. The van der Waals surface area contributed by atoms with E-state index in [1.807, 2.05) is 6.07 Å². The van der Waals surface area contributed by atoms with Gasteiger partial charge in [0.1, 0.15) is 5.82 Å². The Kier molecular flexibility index (Phi) is 8.38. The van der Waals surface area contributed by atoms with Gasteiger partial charge in [-0.2, -0.15) is 0 Å². The smallest absolute Gasteiger partial charge is 0.123 e. The van der Waals surface area contributed by atoms with Crippen LogP contribution in [0.25, 0.3) is 0 Å². The molecule has 0 heterocycles. The second kappa shape index (κ2) is 10.00. The van der Waals surface area contributed by atoms with Gasteiger partial charge in [-0.05, 0) is 37.1 Å². The normalized spacial score (nSPS) is 10.8. The topological polar surface area (TPSA) is 30.5 Å². The van der Waals surface area contributed by atoms with Crippen molar-refractivity contribution in [2.45, 2.75) is 12.8 Å². The van der Waals surface area contributed by atoms with E-state index in [1.165, 1.54) is 6.07 Å². The number of benzene rings is 1. The fourth-order valence-electron chi connectivity index (χ4n) is 1.60. The molecule has 1 N–H and O–H groups in total. The van der Waals surface area contributed by atoms with Gasteiger partial charge in [0.2, 0.25) is 0 Å². The molecule has 0 amide bonds. The first kappa shape index (κ1) is 15.1. The zero-order valence-corrected chi connectivity index (χ0v) is 11.0. The predicted molar refractivity (Wildman–Crippen MR) is 70.3 cm³/mol. The molecule has 0 bridgehead atoms. The highest BCUT2D eigenvalue weighted by Crippen LogP contribution is 2.03. The van der Waals surface area contributed by atoms with Crippen LogP contribution in [0.5, 0.6) is 0 Å². The molecule has 0 aliphatic heterocycles. The van der Waals surface area contributed by atoms with Crippen molar-refractivity contribution in [3.05, 3.63) is 35.6 Å². The predicted octanol–water partition coefficient (Wildman–Crippen LogP) is 2.01. The maximum absolute atomic E-state index is 12.9. The van der Waals surface area contributed by atoms with Gasteiger partial charge in [0, 0.05) is 26.9 Å². The molecule has 4 heteroatoms. The second-order valence-corrected chi connectivity index (χ2v) is 4.09. The summed E-state index contributed by atoms with van der Waals surface area (Å²) >= 11 is 0. The molecular weight excluding hydrogens is 233 g/mol. The average Bonchev–Trinajstić information content (AvgIpc) is 2.37. The van der Waals surface area contributed by atoms with E-state index in [9.17, 15) is 4.39 Å². The zero-order chi connectivity index (χ0) is 13.1. The molecule has 1 aromatic carbocycles. The Morgan fingerprint density at radius 1 is 1.17 bits per heavy atom. The van der Waals surface area contributed by atoms with E-state index in [1.54, 1.807) is 19.2 Å². The molecule has 0 radical (unpaired) electrons. The summed E-state index contributed by atoms with van der Waals surface area (Å²) in [5.74, 6) is -0.172. The highest BCUT2D eigenvalue weighted by molar-refractivity contribution is 5.16. The minimum Gasteiger partial charge on any atom is -0.385 e. The summed E-state index contributed by atoms with van der Waals surface area (Å²) < 4.78 is 23.2. The Morgan fingerprint density at radius 3 is 2.83 bits per heavy atom. The van der Waals surface area contributed by atoms with E-state index in [0.29, 0.717) is 6.61 Å². The van der Waals surface area contributed by atoms with Crippen molar-refractivity contribution in [2.75, 3.05) is 40.0 Å². The quantitative estimate of drug-likeness (QED) is 0.649. The molecule has 0 atom stereocenters. The van der Waals surface area contributed by atoms with Crippen LogP contribution in [0.2, 0.25) is 0 Å². The summed E-state index contributed by atoms with van der Waals surface area (Å²) in [7, 11) is 1.69. The summed E-state index contributed by atoms with van der Waals surface area (Å²) in [4.78, 5) is 0. The highest BCUT2D eigenvalue weighted by Gasteiger charge is 1.95. The molecule has 18 heavy (non-hydrogen) atoms. The molecule has 1 aromatic rings. The Hall–Kier alpha value is -0.970. The fourth-order valence-corrected chi connectivity index (χ4v) is 1.60. The van der Waals surface area contributed by atoms with Crippen LogP contribution in [0.4, 0.5) is 4.39 Å². The summed E-state index contributed by atoms with van der Waals surface area (Å²) in [5.41, 5.74) is 1.02. The van der Waals surface area contributed by atoms with Gasteiger partial charge < -0.3 is 14.8 Å². The number of hydrogen-bond acceptors (Lipinski definition) is 3. The zero-order valence-electron chi connectivity index (χ0n) is 11.0. The number of halogens is 1. The van der Waals surface area contributed by atoms with Gasteiger partial charge in [0.15, 0.2) is 0 Å². The molecule has 0 saturated heterocycles. The molecule has 0 aromatic heterocycles. The second-order valence-electron chi connectivity index (χ2n) is 4.09. The lowest BCUT2D eigenvalue weighted by molar-refractivity contribution is 0.104. The third-order valence-corrected chi connectivity index (χ3v) is 2.54. The molecule has 0 fully saturated rings. The molecule has 0 spiro atoms. The minimum absolute atomic E-state index is 0.172. The largest absolute Gasteiger partial charge is 0.385 e. The molecule has 0 aliphatic rings. The molecule has 102 valence electrons. The SMILES string of the molecule is COCCCOCCNCCc1cccc(F)c1. The van der Waals surface area contributed by atoms with Gasteiger partial charge in [-0.15, -0.1) is 0 Å². The summed E-state index contributed by atoms with van der Waals surface area (Å²) in [6.07, 6.45) is 1.77. The lowest BCUT2D eigenvalue weighted by Crippen LogP contribution is -2.22. The van der Waals surface area contributed by atoms with E-state index >= 15 is 0 Å². The van der Waals surface area contributed by atoms with Crippen LogP contribution in [0.15, 0.2) is 24.3 Å². The molecular formula is C14H22FNO2. The number of nitrogens with one attached hydrogen (secondary N) is 1. The number of ether oxygens (including phenoxy) is 2. The highest BCUT2D eigenvalue weighted by atomic mass is 19.1. The first-order valence-corrected chi connectivity index (χ1v) is 6.35. The maximum Gasteiger partial charge on any atom is 0.123 e. The van der Waals surface area contributed by atoms with Gasteiger partial charge in [-0.3, -0.25) is 0 Å². The maximum atomic E-state index is 12.9. The van der Waals surface area contributed by atoms with Gasteiger partial charge >= 0.3 is 0 Å². The van der Waals surface area contributed by atoms with Crippen LogP contribution in [0.1, 0.15) is 12.0 Å². The van der Waals surface area contributed by atoms with Gasteiger partial charge in [-0.25, -0.2) is 4.39 Å². The summed E-state index contributed by atoms with van der Waals surface area (Å²) in [6, 6.07) is 6.71. The van der Waals surface area contributed by atoms with Gasteiger partial charge in [0.05, 0.1) is 6.61 Å².